The fourth-order valence-electron chi connectivity index (χ4n) is 4.35. The van der Waals surface area contributed by atoms with Gasteiger partial charge < -0.3 is 5.32 Å². The molecule has 1 heterocycles. The summed E-state index contributed by atoms with van der Waals surface area (Å²) in [6.07, 6.45) is 4.39. The SMILES string of the molecule is CSc1ccc(S(=O)(=O)N(CC(=O)NCc2ccccc2CN2CCCC2)c2ccc(C)cc2)cc1. The van der Waals surface area contributed by atoms with E-state index in [4.69, 9.17) is 0 Å². The van der Waals surface area contributed by atoms with Crippen LogP contribution in [-0.2, 0) is 27.9 Å². The van der Waals surface area contributed by atoms with Gasteiger partial charge in [-0.3, -0.25) is 14.0 Å². The van der Waals surface area contributed by atoms with Crippen LogP contribution in [0.2, 0.25) is 0 Å². The molecular weight excluding hydrogens is 490 g/mol. The molecule has 0 atom stereocenters. The first-order valence-corrected chi connectivity index (χ1v) is 14.8. The summed E-state index contributed by atoms with van der Waals surface area (Å²) in [6, 6.07) is 22.0. The number of sulfonamides is 1. The Morgan fingerprint density at radius 2 is 1.58 bits per heavy atom. The maximum Gasteiger partial charge on any atom is 0.264 e. The topological polar surface area (TPSA) is 69.7 Å². The zero-order valence-corrected chi connectivity index (χ0v) is 22.4. The van der Waals surface area contributed by atoms with E-state index >= 15 is 0 Å². The minimum Gasteiger partial charge on any atom is -0.350 e. The Balaban J connectivity index is 1.51. The number of carbonyl (C=O) groups excluding carboxylic acids is 1. The van der Waals surface area contributed by atoms with Crippen molar-refractivity contribution in [3.63, 3.8) is 0 Å². The van der Waals surface area contributed by atoms with Gasteiger partial charge in [0.2, 0.25) is 5.91 Å². The zero-order chi connectivity index (χ0) is 25.5. The molecule has 3 aromatic rings. The summed E-state index contributed by atoms with van der Waals surface area (Å²) in [5, 5.41) is 2.95. The number of amides is 1. The number of benzene rings is 3. The Bertz CT molecular complexity index is 1270. The smallest absolute Gasteiger partial charge is 0.264 e. The Kier molecular flexibility index (Phi) is 8.72. The van der Waals surface area contributed by atoms with Crippen molar-refractivity contribution >= 4 is 33.4 Å². The standard InChI is InChI=1S/C28H33N3O3S2/c1-22-9-11-25(12-10-22)31(36(33,34)27-15-13-26(35-2)14-16-27)21-28(32)29-19-23-7-3-4-8-24(23)20-30-17-5-6-18-30/h3-4,7-16H,5-6,17-21H2,1-2H3,(H,29,32). The van der Waals surface area contributed by atoms with Crippen LogP contribution >= 0.6 is 11.8 Å². The van der Waals surface area contributed by atoms with Crippen molar-refractivity contribution in [2.75, 3.05) is 30.2 Å². The maximum absolute atomic E-state index is 13.6. The lowest BCUT2D eigenvalue weighted by Crippen LogP contribution is -2.40. The van der Waals surface area contributed by atoms with E-state index in [1.165, 1.54) is 22.7 Å². The molecule has 190 valence electrons. The number of nitrogens with zero attached hydrogens (tertiary/aromatic N) is 2. The number of hydrogen-bond donors (Lipinski definition) is 1. The van der Waals surface area contributed by atoms with E-state index in [0.29, 0.717) is 12.2 Å². The van der Waals surface area contributed by atoms with Gasteiger partial charge in [0.1, 0.15) is 6.54 Å². The van der Waals surface area contributed by atoms with Crippen molar-refractivity contribution in [2.24, 2.45) is 0 Å². The predicted octanol–water partition coefficient (Wildman–Crippen LogP) is 4.82. The summed E-state index contributed by atoms with van der Waals surface area (Å²) >= 11 is 1.54. The number of thioether (sulfide) groups is 1. The second-order valence-electron chi connectivity index (χ2n) is 9.05. The molecule has 1 saturated heterocycles. The molecule has 0 bridgehead atoms. The molecule has 0 saturated carbocycles. The second-order valence-corrected chi connectivity index (χ2v) is 11.8. The molecule has 0 aliphatic carbocycles. The third kappa shape index (κ3) is 6.49. The summed E-state index contributed by atoms with van der Waals surface area (Å²) in [5.41, 5.74) is 3.71. The van der Waals surface area contributed by atoms with E-state index in [9.17, 15) is 13.2 Å². The van der Waals surface area contributed by atoms with Crippen molar-refractivity contribution in [1.82, 2.24) is 10.2 Å². The van der Waals surface area contributed by atoms with Gasteiger partial charge in [-0.1, -0.05) is 42.0 Å². The Morgan fingerprint density at radius 1 is 0.944 bits per heavy atom. The third-order valence-corrected chi connectivity index (χ3v) is 8.98. The van der Waals surface area contributed by atoms with Gasteiger partial charge in [-0.05, 0) is 86.6 Å². The van der Waals surface area contributed by atoms with E-state index in [0.717, 1.165) is 35.7 Å². The number of nitrogens with one attached hydrogen (secondary N) is 1. The number of carbonyl (C=O) groups is 1. The average Bonchev–Trinajstić information content (AvgIpc) is 3.40. The minimum atomic E-state index is -3.94. The van der Waals surface area contributed by atoms with Crippen molar-refractivity contribution in [3.05, 3.63) is 89.5 Å². The molecule has 0 spiro atoms. The quantitative estimate of drug-likeness (QED) is 0.386. The largest absolute Gasteiger partial charge is 0.350 e. The second kappa shape index (κ2) is 12.0. The van der Waals surface area contributed by atoms with E-state index in [1.807, 2.05) is 43.5 Å². The molecule has 1 N–H and O–H groups in total. The van der Waals surface area contributed by atoms with Gasteiger partial charge >= 0.3 is 0 Å². The van der Waals surface area contributed by atoms with E-state index < -0.39 is 10.0 Å². The Hall–Kier alpha value is -2.81. The summed E-state index contributed by atoms with van der Waals surface area (Å²) in [4.78, 5) is 16.6. The van der Waals surface area contributed by atoms with Crippen LogP contribution in [0.15, 0.2) is 82.6 Å². The van der Waals surface area contributed by atoms with Crippen LogP contribution < -0.4 is 9.62 Å². The molecule has 4 rings (SSSR count). The molecule has 36 heavy (non-hydrogen) atoms. The van der Waals surface area contributed by atoms with Gasteiger partial charge in [-0.25, -0.2) is 8.42 Å². The Morgan fingerprint density at radius 3 is 2.22 bits per heavy atom. The summed E-state index contributed by atoms with van der Waals surface area (Å²) in [6.45, 7) is 5.05. The number of hydrogen-bond acceptors (Lipinski definition) is 5. The molecule has 1 aliphatic rings. The summed E-state index contributed by atoms with van der Waals surface area (Å²) in [7, 11) is -3.94. The molecule has 1 aliphatic heterocycles. The van der Waals surface area contributed by atoms with Crippen molar-refractivity contribution in [2.45, 2.75) is 42.6 Å². The van der Waals surface area contributed by atoms with E-state index in [-0.39, 0.29) is 17.3 Å². The highest BCUT2D eigenvalue weighted by molar-refractivity contribution is 7.98. The maximum atomic E-state index is 13.6. The highest BCUT2D eigenvalue weighted by Crippen LogP contribution is 2.26. The molecule has 0 radical (unpaired) electrons. The third-order valence-electron chi connectivity index (χ3n) is 6.44. The lowest BCUT2D eigenvalue weighted by Gasteiger charge is -2.24. The summed E-state index contributed by atoms with van der Waals surface area (Å²) in [5.74, 6) is -0.351. The van der Waals surface area contributed by atoms with Gasteiger partial charge in [0.05, 0.1) is 10.6 Å². The minimum absolute atomic E-state index is 0.157. The van der Waals surface area contributed by atoms with Crippen molar-refractivity contribution < 1.29 is 13.2 Å². The van der Waals surface area contributed by atoms with Gasteiger partial charge in [0, 0.05) is 18.0 Å². The van der Waals surface area contributed by atoms with Crippen LogP contribution in [-0.4, -0.2) is 45.1 Å². The predicted molar refractivity (Wildman–Crippen MR) is 147 cm³/mol. The monoisotopic (exact) mass is 523 g/mol. The molecule has 1 amide bonds. The first-order valence-electron chi connectivity index (χ1n) is 12.2. The van der Waals surface area contributed by atoms with Gasteiger partial charge in [0.15, 0.2) is 0 Å². The Labute approximate surface area is 218 Å². The van der Waals surface area contributed by atoms with E-state index in [2.05, 4.69) is 16.3 Å². The molecule has 3 aromatic carbocycles. The number of aryl methyl sites for hydroxylation is 1. The average molecular weight is 524 g/mol. The van der Waals surface area contributed by atoms with Crippen LogP contribution in [0.4, 0.5) is 5.69 Å². The molecule has 0 aromatic heterocycles. The fourth-order valence-corrected chi connectivity index (χ4v) is 6.18. The number of rotatable bonds is 10. The van der Waals surface area contributed by atoms with Crippen molar-refractivity contribution in [3.8, 4) is 0 Å². The van der Waals surface area contributed by atoms with Crippen LogP contribution in [0.1, 0.15) is 29.5 Å². The highest BCUT2D eigenvalue weighted by Gasteiger charge is 2.27. The van der Waals surface area contributed by atoms with Crippen molar-refractivity contribution in [1.29, 1.82) is 0 Å². The molecule has 1 fully saturated rings. The highest BCUT2D eigenvalue weighted by atomic mass is 32.2. The fraction of sp³-hybridized carbons (Fsp3) is 0.321. The summed E-state index contributed by atoms with van der Waals surface area (Å²) < 4.78 is 28.4. The molecule has 8 heteroatoms. The lowest BCUT2D eigenvalue weighted by atomic mass is 10.1. The zero-order valence-electron chi connectivity index (χ0n) is 20.8. The molecule has 0 unspecified atom stereocenters. The van der Waals surface area contributed by atoms with Gasteiger partial charge in [-0.2, -0.15) is 0 Å². The van der Waals surface area contributed by atoms with Crippen LogP contribution in [0, 0.1) is 6.92 Å². The van der Waals surface area contributed by atoms with Crippen LogP contribution in [0.5, 0.6) is 0 Å². The molecular formula is C28H33N3O3S2. The van der Waals surface area contributed by atoms with Crippen LogP contribution in [0.3, 0.4) is 0 Å². The normalized spacial score (nSPS) is 14.1. The van der Waals surface area contributed by atoms with Crippen LogP contribution in [0.25, 0.3) is 0 Å². The lowest BCUT2D eigenvalue weighted by molar-refractivity contribution is -0.119. The number of anilines is 1. The number of likely N-dealkylation sites (tertiary alicyclic amines) is 1. The van der Waals surface area contributed by atoms with E-state index in [1.54, 1.807) is 48.2 Å². The first kappa shape index (κ1) is 26.3. The van der Waals surface area contributed by atoms with Gasteiger partial charge in [-0.15, -0.1) is 11.8 Å². The molecule has 6 nitrogen and oxygen atoms in total. The van der Waals surface area contributed by atoms with Gasteiger partial charge in [0.25, 0.3) is 10.0 Å². The first-order chi connectivity index (χ1) is 17.4.